The van der Waals surface area contributed by atoms with Crippen LogP contribution in [-0.4, -0.2) is 0 Å². The molecular weight excluding hydrogens is 258 g/mol. The second kappa shape index (κ2) is 5.43. The fourth-order valence-electron chi connectivity index (χ4n) is 1.24. The molecule has 0 aromatic heterocycles. The van der Waals surface area contributed by atoms with Gasteiger partial charge in [0.05, 0.1) is 10.7 Å². The molecule has 0 N–H and O–H groups in total. The van der Waals surface area contributed by atoms with Gasteiger partial charge in [-0.15, -0.1) is 0 Å². The Kier molecular flexibility index (Phi) is 3.93. The van der Waals surface area contributed by atoms with E-state index in [1.165, 1.54) is 0 Å². The highest BCUT2D eigenvalue weighted by Crippen LogP contribution is 2.35. The Morgan fingerprint density at radius 2 is 1.81 bits per heavy atom. The van der Waals surface area contributed by atoms with Crippen molar-refractivity contribution in [3.63, 3.8) is 0 Å². The third kappa shape index (κ3) is 2.82. The van der Waals surface area contributed by atoms with Crippen molar-refractivity contribution >= 4 is 41.5 Å². The van der Waals surface area contributed by atoms with E-state index in [4.69, 9.17) is 11.6 Å². The first-order chi connectivity index (χ1) is 7.79. The zero-order valence-electron chi connectivity index (χ0n) is 8.26. The lowest BCUT2D eigenvalue weighted by Gasteiger charge is -2.04. The van der Waals surface area contributed by atoms with Gasteiger partial charge in [0.1, 0.15) is 0 Å². The molecule has 0 aliphatic rings. The van der Waals surface area contributed by atoms with Crippen molar-refractivity contribution in [3.05, 3.63) is 53.6 Å². The molecule has 0 unspecified atom stereocenters. The molecule has 80 valence electrons. The van der Waals surface area contributed by atoms with E-state index in [-0.39, 0.29) is 0 Å². The molecule has 2 aromatic rings. The van der Waals surface area contributed by atoms with E-state index in [2.05, 4.69) is 16.8 Å². The highest BCUT2D eigenvalue weighted by atomic mass is 35.5. The zero-order chi connectivity index (χ0) is 11.4. The van der Waals surface area contributed by atoms with Crippen LogP contribution >= 0.6 is 23.4 Å². The van der Waals surface area contributed by atoms with Crippen molar-refractivity contribution in [2.75, 3.05) is 0 Å². The molecule has 0 aliphatic carbocycles. The van der Waals surface area contributed by atoms with E-state index < -0.39 is 0 Å². The van der Waals surface area contributed by atoms with Crippen LogP contribution in [0.3, 0.4) is 0 Å². The summed E-state index contributed by atoms with van der Waals surface area (Å²) < 4.78 is 3.67. The molecule has 0 saturated heterocycles. The van der Waals surface area contributed by atoms with Crippen LogP contribution in [0.5, 0.6) is 0 Å². The van der Waals surface area contributed by atoms with E-state index in [0.29, 0.717) is 5.02 Å². The fourth-order valence-corrected chi connectivity index (χ4v) is 2.49. The normalized spacial score (nSPS) is 10.1. The van der Waals surface area contributed by atoms with Crippen LogP contribution in [0.4, 0.5) is 5.69 Å². The van der Waals surface area contributed by atoms with Gasteiger partial charge < -0.3 is 0 Å². The summed E-state index contributed by atoms with van der Waals surface area (Å²) in [5, 5.41) is 0.681. The molecule has 1 nitrogen and oxygen atoms in total. The SMILES string of the molecule is S=Nc1ccc(Sc2ccccc2)c(Cl)c1. The molecule has 0 aliphatic heterocycles. The van der Waals surface area contributed by atoms with Crippen LogP contribution < -0.4 is 0 Å². The predicted octanol–water partition coefficient (Wildman–Crippen LogP) is 4.85. The van der Waals surface area contributed by atoms with Gasteiger partial charge in [-0.25, -0.2) is 0 Å². The molecule has 0 heterocycles. The lowest BCUT2D eigenvalue weighted by molar-refractivity contribution is 1.40. The van der Waals surface area contributed by atoms with Gasteiger partial charge in [-0.05, 0) is 30.3 Å². The Balaban J connectivity index is 2.25. The van der Waals surface area contributed by atoms with Crippen molar-refractivity contribution in [3.8, 4) is 0 Å². The van der Waals surface area contributed by atoms with Gasteiger partial charge in [-0.1, -0.05) is 41.6 Å². The van der Waals surface area contributed by atoms with Gasteiger partial charge >= 0.3 is 0 Å². The Hall–Kier alpha value is -0.900. The highest BCUT2D eigenvalue weighted by molar-refractivity contribution is 7.99. The molecule has 0 atom stereocenters. The summed E-state index contributed by atoms with van der Waals surface area (Å²) in [5.74, 6) is 0. The number of halogens is 1. The molecule has 0 radical (unpaired) electrons. The Morgan fingerprint density at radius 1 is 1.06 bits per heavy atom. The number of rotatable bonds is 3. The first-order valence-corrected chi connectivity index (χ1v) is 6.21. The minimum atomic E-state index is 0.681. The number of benzene rings is 2. The average Bonchev–Trinajstić information content (AvgIpc) is 2.33. The topological polar surface area (TPSA) is 12.4 Å². The summed E-state index contributed by atoms with van der Waals surface area (Å²) in [5.41, 5.74) is 0.720. The Bertz CT molecular complexity index is 500. The van der Waals surface area contributed by atoms with E-state index in [9.17, 15) is 0 Å². The Labute approximate surface area is 109 Å². The van der Waals surface area contributed by atoms with Gasteiger partial charge in [-0.2, -0.15) is 4.36 Å². The van der Waals surface area contributed by atoms with Crippen molar-refractivity contribution < 1.29 is 0 Å². The molecular formula is C12H8ClNS2. The standard InChI is InChI=1S/C12H8ClNS2/c13-11-8-9(14-15)6-7-12(11)16-10-4-2-1-3-5-10/h1-8H. The van der Waals surface area contributed by atoms with Crippen LogP contribution in [0.2, 0.25) is 5.02 Å². The minimum Gasteiger partial charge on any atom is -0.182 e. The monoisotopic (exact) mass is 265 g/mol. The summed E-state index contributed by atoms with van der Waals surface area (Å²) in [6.45, 7) is 0. The number of nitrogens with zero attached hydrogens (tertiary/aromatic N) is 1. The first-order valence-electron chi connectivity index (χ1n) is 4.65. The maximum Gasteiger partial charge on any atom is 0.0785 e. The van der Waals surface area contributed by atoms with Crippen LogP contribution in [-0.2, 0) is 12.4 Å². The van der Waals surface area contributed by atoms with Crippen molar-refractivity contribution in [1.29, 1.82) is 0 Å². The van der Waals surface area contributed by atoms with Gasteiger partial charge in [0.15, 0.2) is 0 Å². The van der Waals surface area contributed by atoms with Gasteiger partial charge in [0.2, 0.25) is 0 Å². The third-order valence-electron chi connectivity index (χ3n) is 1.99. The van der Waals surface area contributed by atoms with Gasteiger partial charge in [-0.3, -0.25) is 0 Å². The quantitative estimate of drug-likeness (QED) is 0.786. The Morgan fingerprint density at radius 3 is 2.44 bits per heavy atom. The number of hydrogen-bond acceptors (Lipinski definition) is 3. The molecule has 2 aromatic carbocycles. The van der Waals surface area contributed by atoms with Crippen LogP contribution in [0.15, 0.2) is 62.7 Å². The van der Waals surface area contributed by atoms with Crippen molar-refractivity contribution in [2.24, 2.45) is 4.36 Å². The molecule has 0 amide bonds. The first kappa shape index (κ1) is 11.6. The van der Waals surface area contributed by atoms with Crippen molar-refractivity contribution in [1.82, 2.24) is 0 Å². The second-order valence-corrected chi connectivity index (χ2v) is 4.83. The summed E-state index contributed by atoms with van der Waals surface area (Å²) in [6.07, 6.45) is 0. The summed E-state index contributed by atoms with van der Waals surface area (Å²) in [7, 11) is 0. The molecule has 4 heteroatoms. The maximum absolute atomic E-state index is 6.13. The molecule has 0 spiro atoms. The minimum absolute atomic E-state index is 0.681. The molecule has 2 rings (SSSR count). The van der Waals surface area contributed by atoms with E-state index in [1.54, 1.807) is 17.8 Å². The van der Waals surface area contributed by atoms with Gasteiger partial charge in [0.25, 0.3) is 0 Å². The molecule has 0 saturated carbocycles. The van der Waals surface area contributed by atoms with Crippen molar-refractivity contribution in [2.45, 2.75) is 9.79 Å². The third-order valence-corrected chi connectivity index (χ3v) is 3.71. The smallest absolute Gasteiger partial charge is 0.0785 e. The molecule has 0 bridgehead atoms. The van der Waals surface area contributed by atoms with E-state index in [0.717, 1.165) is 15.5 Å². The summed E-state index contributed by atoms with van der Waals surface area (Å²) in [6, 6.07) is 15.7. The van der Waals surface area contributed by atoms with E-state index >= 15 is 0 Å². The van der Waals surface area contributed by atoms with Crippen LogP contribution in [0.1, 0.15) is 0 Å². The second-order valence-electron chi connectivity index (χ2n) is 3.12. The van der Waals surface area contributed by atoms with Gasteiger partial charge in [0, 0.05) is 22.2 Å². The maximum atomic E-state index is 6.13. The summed E-state index contributed by atoms with van der Waals surface area (Å²) in [4.78, 5) is 2.17. The average molecular weight is 266 g/mol. The predicted molar refractivity (Wildman–Crippen MR) is 71.5 cm³/mol. The van der Waals surface area contributed by atoms with E-state index in [1.807, 2.05) is 42.5 Å². The summed E-state index contributed by atoms with van der Waals surface area (Å²) >= 11 is 12.4. The lowest BCUT2D eigenvalue weighted by Crippen LogP contribution is -1.75. The lowest BCUT2D eigenvalue weighted by atomic mass is 10.3. The molecule has 0 fully saturated rings. The number of hydrogen-bond donors (Lipinski definition) is 0. The van der Waals surface area contributed by atoms with Crippen LogP contribution in [0.25, 0.3) is 0 Å². The zero-order valence-corrected chi connectivity index (χ0v) is 10.6. The highest BCUT2D eigenvalue weighted by Gasteiger charge is 2.03. The largest absolute Gasteiger partial charge is 0.182 e. The fraction of sp³-hybridized carbons (Fsp3) is 0. The van der Waals surface area contributed by atoms with Crippen LogP contribution in [0, 0.1) is 0 Å². The molecule has 16 heavy (non-hydrogen) atoms.